The van der Waals surface area contributed by atoms with Gasteiger partial charge in [0.25, 0.3) is 5.91 Å². The monoisotopic (exact) mass is 448 g/mol. The number of nitrogens with one attached hydrogen (secondary N) is 1. The van der Waals surface area contributed by atoms with Crippen LogP contribution in [0.5, 0.6) is 0 Å². The molecule has 0 radical (unpaired) electrons. The Bertz CT molecular complexity index is 1180. The molecule has 1 aliphatic rings. The number of benzene rings is 1. The van der Waals surface area contributed by atoms with Gasteiger partial charge >= 0.3 is 0 Å². The van der Waals surface area contributed by atoms with Crippen LogP contribution in [0, 0.1) is 12.8 Å². The van der Waals surface area contributed by atoms with Crippen molar-refractivity contribution in [1.82, 2.24) is 20.3 Å². The number of nitrogens with zero attached hydrogens (tertiary/aromatic N) is 7. The minimum atomic E-state index is -1.00. The van der Waals surface area contributed by atoms with Gasteiger partial charge in [-0.15, -0.1) is 10.2 Å². The Labute approximate surface area is 190 Å². The lowest BCUT2D eigenvalue weighted by Gasteiger charge is -2.25. The molecule has 162 valence electrons. The van der Waals surface area contributed by atoms with Crippen LogP contribution in [0.4, 0.5) is 0 Å². The fourth-order valence-electron chi connectivity index (χ4n) is 3.33. The highest BCUT2D eigenvalue weighted by Crippen LogP contribution is 2.41. The molecule has 0 fully saturated rings. The summed E-state index contributed by atoms with van der Waals surface area (Å²) >= 11 is 6.00. The summed E-state index contributed by atoms with van der Waals surface area (Å²) in [6.07, 6.45) is 4.86. The Morgan fingerprint density at radius 2 is 1.81 bits per heavy atom. The zero-order valence-electron chi connectivity index (χ0n) is 17.8. The third-order valence-electron chi connectivity index (χ3n) is 5.15. The Kier molecular flexibility index (Phi) is 6.00. The summed E-state index contributed by atoms with van der Waals surface area (Å²) in [6.45, 7) is 6.06. The molecule has 9 nitrogen and oxygen atoms in total. The molecule has 3 heterocycles. The fraction of sp³-hybridized carbons (Fsp3) is 0.273. The molecular formula is C22H21ClN8O. The molecule has 0 atom stereocenters. The molecule has 32 heavy (non-hydrogen) atoms. The molecule has 1 aliphatic heterocycles. The zero-order chi connectivity index (χ0) is 22.7. The van der Waals surface area contributed by atoms with Crippen LogP contribution in [0.25, 0.3) is 11.3 Å². The number of hydrogen-bond donors (Lipinski definition) is 1. The summed E-state index contributed by atoms with van der Waals surface area (Å²) < 4.78 is 0. The first-order valence-corrected chi connectivity index (χ1v) is 10.4. The van der Waals surface area contributed by atoms with Gasteiger partial charge in [0.15, 0.2) is 0 Å². The van der Waals surface area contributed by atoms with Crippen LogP contribution in [0.15, 0.2) is 69.6 Å². The van der Waals surface area contributed by atoms with Crippen LogP contribution in [-0.2, 0) is 12.2 Å². The van der Waals surface area contributed by atoms with E-state index in [1.165, 1.54) is 0 Å². The van der Waals surface area contributed by atoms with E-state index in [0.717, 1.165) is 11.3 Å². The van der Waals surface area contributed by atoms with Crippen molar-refractivity contribution in [3.8, 4) is 11.3 Å². The molecule has 0 spiro atoms. The second kappa shape index (κ2) is 8.88. The van der Waals surface area contributed by atoms with Gasteiger partial charge in [-0.1, -0.05) is 25.4 Å². The van der Waals surface area contributed by atoms with E-state index in [0.29, 0.717) is 27.5 Å². The van der Waals surface area contributed by atoms with Crippen molar-refractivity contribution in [3.05, 3.63) is 76.5 Å². The lowest BCUT2D eigenvalue weighted by atomic mass is 9.87. The standard InChI is InChI=1S/C22H21ClN8O/c1-13(2)22(28-30-31-29-22)17-7-15(20-5-4-18(23)10-26-20)6-16(8-17)21(32)27-12-19-11-24-14(3)9-25-19/h4-11,13H,12H2,1-3H3,(H,27,32). The number of rotatable bonds is 6. The molecule has 2 aromatic heterocycles. The lowest BCUT2D eigenvalue weighted by Crippen LogP contribution is -2.28. The summed E-state index contributed by atoms with van der Waals surface area (Å²) in [5.41, 5.74) is 3.01. The number of carbonyl (C=O) groups excluding carboxylic acids is 1. The van der Waals surface area contributed by atoms with Crippen LogP contribution in [0.3, 0.4) is 0 Å². The van der Waals surface area contributed by atoms with E-state index in [4.69, 9.17) is 11.6 Å². The molecule has 3 aromatic rings. The van der Waals surface area contributed by atoms with E-state index in [9.17, 15) is 4.79 Å². The number of amides is 1. The highest BCUT2D eigenvalue weighted by Gasteiger charge is 2.40. The van der Waals surface area contributed by atoms with Crippen LogP contribution in [0.1, 0.15) is 41.2 Å². The number of aromatic nitrogens is 3. The summed E-state index contributed by atoms with van der Waals surface area (Å²) in [5.74, 6) is -0.306. The predicted octanol–water partition coefficient (Wildman–Crippen LogP) is 5.07. The highest BCUT2D eigenvalue weighted by atomic mass is 35.5. The fourth-order valence-corrected chi connectivity index (χ4v) is 3.44. The summed E-state index contributed by atoms with van der Waals surface area (Å²) in [4.78, 5) is 25.9. The van der Waals surface area contributed by atoms with E-state index < -0.39 is 5.66 Å². The number of pyridine rings is 1. The molecule has 1 N–H and O–H groups in total. The molecule has 10 heteroatoms. The van der Waals surface area contributed by atoms with Crippen molar-refractivity contribution in [2.75, 3.05) is 0 Å². The molecule has 0 unspecified atom stereocenters. The Hall–Kier alpha value is -3.59. The van der Waals surface area contributed by atoms with Crippen LogP contribution < -0.4 is 5.32 Å². The molecular weight excluding hydrogens is 428 g/mol. The first-order chi connectivity index (χ1) is 15.4. The Balaban J connectivity index is 1.72. The van der Waals surface area contributed by atoms with E-state index in [-0.39, 0.29) is 18.4 Å². The maximum Gasteiger partial charge on any atom is 0.251 e. The van der Waals surface area contributed by atoms with Crippen molar-refractivity contribution < 1.29 is 4.79 Å². The SMILES string of the molecule is Cc1cnc(CNC(=O)c2cc(-c3ccc(Cl)cn3)cc(C3(C(C)C)N=NN=N3)c2)cn1. The average molecular weight is 449 g/mol. The van der Waals surface area contributed by atoms with Crippen LogP contribution >= 0.6 is 11.6 Å². The normalized spacial score (nSPS) is 14.2. The summed E-state index contributed by atoms with van der Waals surface area (Å²) in [6, 6.07) is 8.98. The van der Waals surface area contributed by atoms with Crippen molar-refractivity contribution in [3.63, 3.8) is 0 Å². The maximum absolute atomic E-state index is 13.1. The Morgan fingerprint density at radius 3 is 2.44 bits per heavy atom. The van der Waals surface area contributed by atoms with Crippen molar-refractivity contribution in [2.24, 2.45) is 26.6 Å². The highest BCUT2D eigenvalue weighted by molar-refractivity contribution is 6.30. The average Bonchev–Trinajstić information content (AvgIpc) is 3.30. The second-order valence-electron chi connectivity index (χ2n) is 7.75. The van der Waals surface area contributed by atoms with Crippen LogP contribution in [-0.4, -0.2) is 20.9 Å². The third kappa shape index (κ3) is 4.38. The summed E-state index contributed by atoms with van der Waals surface area (Å²) in [5, 5.41) is 19.5. The van der Waals surface area contributed by atoms with Gasteiger partial charge in [0.05, 0.1) is 34.8 Å². The van der Waals surface area contributed by atoms with E-state index >= 15 is 0 Å². The summed E-state index contributed by atoms with van der Waals surface area (Å²) in [7, 11) is 0. The van der Waals surface area contributed by atoms with Gasteiger partial charge in [0.2, 0.25) is 5.66 Å². The minimum absolute atomic E-state index is 0.0373. The van der Waals surface area contributed by atoms with Gasteiger partial charge in [-0.3, -0.25) is 19.7 Å². The van der Waals surface area contributed by atoms with Crippen molar-refractivity contribution >= 4 is 17.5 Å². The van der Waals surface area contributed by atoms with Crippen molar-refractivity contribution in [1.29, 1.82) is 0 Å². The number of hydrogen-bond acceptors (Lipinski definition) is 8. The number of halogens is 1. The topological polar surface area (TPSA) is 117 Å². The zero-order valence-corrected chi connectivity index (χ0v) is 18.6. The van der Waals surface area contributed by atoms with E-state index in [1.807, 2.05) is 26.8 Å². The molecule has 1 amide bonds. The van der Waals surface area contributed by atoms with Crippen molar-refractivity contribution in [2.45, 2.75) is 33.0 Å². The Morgan fingerprint density at radius 1 is 1.03 bits per heavy atom. The molecule has 1 aromatic carbocycles. The maximum atomic E-state index is 13.1. The van der Waals surface area contributed by atoms with E-state index in [1.54, 1.807) is 42.9 Å². The largest absolute Gasteiger partial charge is 0.346 e. The lowest BCUT2D eigenvalue weighted by molar-refractivity contribution is 0.0950. The van der Waals surface area contributed by atoms with Gasteiger partial charge in [-0.25, -0.2) is 0 Å². The molecule has 0 saturated carbocycles. The minimum Gasteiger partial charge on any atom is -0.346 e. The van der Waals surface area contributed by atoms with Gasteiger partial charge < -0.3 is 5.32 Å². The smallest absolute Gasteiger partial charge is 0.251 e. The quantitative estimate of drug-likeness (QED) is 0.566. The number of carbonyl (C=O) groups is 1. The third-order valence-corrected chi connectivity index (χ3v) is 5.37. The van der Waals surface area contributed by atoms with Gasteiger partial charge in [0.1, 0.15) is 0 Å². The number of aryl methyl sites for hydroxylation is 1. The van der Waals surface area contributed by atoms with Gasteiger partial charge in [-0.2, -0.15) is 0 Å². The predicted molar refractivity (Wildman–Crippen MR) is 119 cm³/mol. The van der Waals surface area contributed by atoms with E-state index in [2.05, 4.69) is 40.9 Å². The molecule has 0 aliphatic carbocycles. The second-order valence-corrected chi connectivity index (χ2v) is 8.19. The van der Waals surface area contributed by atoms with Crippen LogP contribution in [0.2, 0.25) is 5.02 Å². The molecule has 0 saturated heterocycles. The molecule has 0 bridgehead atoms. The molecule has 4 rings (SSSR count). The van der Waals surface area contributed by atoms with Gasteiger partial charge in [-0.05, 0) is 47.7 Å². The first kappa shape index (κ1) is 21.6. The first-order valence-electron chi connectivity index (χ1n) is 10.0. The van der Waals surface area contributed by atoms with Gasteiger partial charge in [0, 0.05) is 35.0 Å².